The molecule has 0 radical (unpaired) electrons. The Hall–Kier alpha value is -0.650. The van der Waals surface area contributed by atoms with E-state index in [1.165, 1.54) is 0 Å². The van der Waals surface area contributed by atoms with Gasteiger partial charge in [-0.25, -0.2) is 0 Å². The van der Waals surface area contributed by atoms with Gasteiger partial charge in [0.15, 0.2) is 0 Å². The van der Waals surface area contributed by atoms with Crippen LogP contribution in [0.25, 0.3) is 0 Å². The number of hydrogen-bond donors (Lipinski definition) is 3. The zero-order valence-electron chi connectivity index (χ0n) is 8.93. The highest BCUT2D eigenvalue weighted by molar-refractivity contribution is 5.62. The van der Waals surface area contributed by atoms with Crippen LogP contribution in [-0.2, 0) is 9.53 Å². The molecule has 0 aliphatic rings. The number of aliphatic hydroxyl groups excluding tert-OH is 2. The van der Waals surface area contributed by atoms with Crippen LogP contribution in [0.4, 0.5) is 0 Å². The number of carboxylic acids is 1. The maximum Gasteiger partial charge on any atom is 0.300 e. The Labute approximate surface area is 84.3 Å². The predicted octanol–water partition coefficient (Wildman–Crippen LogP) is 0.246. The van der Waals surface area contributed by atoms with Gasteiger partial charge in [0.1, 0.15) is 0 Å². The maximum absolute atomic E-state index is 9.00. The van der Waals surface area contributed by atoms with Crippen LogP contribution in [0.5, 0.6) is 0 Å². The van der Waals surface area contributed by atoms with E-state index in [-0.39, 0.29) is 12.7 Å². The molecule has 86 valence electrons. The van der Waals surface area contributed by atoms with Gasteiger partial charge in [0, 0.05) is 6.92 Å². The third kappa shape index (κ3) is 17.4. The number of carboxylic acid groups (broad SMARTS) is 1. The number of hydrogen-bond acceptors (Lipinski definition) is 4. The number of ether oxygens (including phenoxy) is 1. The summed E-state index contributed by atoms with van der Waals surface area (Å²) in [6, 6.07) is 0. The second-order valence-electron chi connectivity index (χ2n) is 2.91. The second kappa shape index (κ2) is 10.4. The van der Waals surface area contributed by atoms with Crippen LogP contribution in [0.3, 0.4) is 0 Å². The van der Waals surface area contributed by atoms with Gasteiger partial charge in [0.05, 0.1) is 25.4 Å². The highest BCUT2D eigenvalue weighted by Crippen LogP contribution is 1.94. The maximum atomic E-state index is 9.00. The fraction of sp³-hybridized carbons (Fsp3) is 0.889. The van der Waals surface area contributed by atoms with E-state index in [4.69, 9.17) is 24.9 Å². The Bertz CT molecular complexity index is 123. The van der Waals surface area contributed by atoms with Crippen molar-refractivity contribution >= 4 is 5.97 Å². The van der Waals surface area contributed by atoms with E-state index in [2.05, 4.69) is 0 Å². The van der Waals surface area contributed by atoms with E-state index in [9.17, 15) is 0 Å². The van der Waals surface area contributed by atoms with Crippen LogP contribution in [0.15, 0.2) is 0 Å². The Kier molecular flexibility index (Phi) is 11.8. The van der Waals surface area contributed by atoms with Gasteiger partial charge in [0.25, 0.3) is 5.97 Å². The second-order valence-corrected chi connectivity index (χ2v) is 2.91. The summed E-state index contributed by atoms with van der Waals surface area (Å²) >= 11 is 0. The van der Waals surface area contributed by atoms with Crippen LogP contribution in [0.1, 0.15) is 27.2 Å². The van der Waals surface area contributed by atoms with Crippen molar-refractivity contribution in [3.05, 3.63) is 0 Å². The summed E-state index contributed by atoms with van der Waals surface area (Å²) < 4.78 is 5.04. The van der Waals surface area contributed by atoms with Crippen LogP contribution >= 0.6 is 0 Å². The minimum Gasteiger partial charge on any atom is -0.481 e. The molecule has 0 amide bonds. The molecule has 0 saturated carbocycles. The van der Waals surface area contributed by atoms with Gasteiger partial charge in [-0.15, -0.1) is 0 Å². The van der Waals surface area contributed by atoms with Crippen LogP contribution in [0, 0.1) is 0 Å². The molecule has 5 nitrogen and oxygen atoms in total. The van der Waals surface area contributed by atoms with Gasteiger partial charge in [-0.1, -0.05) is 6.92 Å². The zero-order valence-corrected chi connectivity index (χ0v) is 8.93. The molecule has 0 saturated heterocycles. The zero-order chi connectivity index (χ0) is 11.6. The van der Waals surface area contributed by atoms with Gasteiger partial charge in [0.2, 0.25) is 0 Å². The summed E-state index contributed by atoms with van der Waals surface area (Å²) in [5.41, 5.74) is 0. The van der Waals surface area contributed by atoms with Crippen molar-refractivity contribution in [3.8, 4) is 0 Å². The Morgan fingerprint density at radius 3 is 2.21 bits per heavy atom. The van der Waals surface area contributed by atoms with Gasteiger partial charge < -0.3 is 20.1 Å². The van der Waals surface area contributed by atoms with E-state index in [1.807, 2.05) is 6.92 Å². The minimum absolute atomic E-state index is 0.0104. The van der Waals surface area contributed by atoms with E-state index < -0.39 is 12.1 Å². The van der Waals surface area contributed by atoms with Crippen molar-refractivity contribution in [1.82, 2.24) is 0 Å². The van der Waals surface area contributed by atoms with Crippen molar-refractivity contribution in [2.45, 2.75) is 39.4 Å². The lowest BCUT2D eigenvalue weighted by Gasteiger charge is -2.12. The standard InChI is InChI=1S/C7H16O3.C2H4O2/c1-3-7(9)5-10-6(2)4-8;1-2(3)4/h6-9H,3-5H2,1-2H3;1H3,(H,3,4). The predicted molar refractivity (Wildman–Crippen MR) is 52.1 cm³/mol. The Balaban J connectivity index is 0. The number of aliphatic hydroxyl groups is 2. The Morgan fingerprint density at radius 2 is 1.93 bits per heavy atom. The smallest absolute Gasteiger partial charge is 0.300 e. The molecular weight excluding hydrogens is 188 g/mol. The first kappa shape index (κ1) is 15.8. The van der Waals surface area contributed by atoms with Gasteiger partial charge >= 0.3 is 0 Å². The lowest BCUT2D eigenvalue weighted by atomic mass is 10.3. The number of rotatable bonds is 5. The molecule has 2 unspecified atom stereocenters. The lowest BCUT2D eigenvalue weighted by molar-refractivity contribution is -0.134. The SMILES string of the molecule is CC(=O)O.CCC(O)COC(C)CO. The first-order chi connectivity index (χ1) is 6.43. The summed E-state index contributed by atoms with van der Waals surface area (Å²) in [5, 5.41) is 24.9. The van der Waals surface area contributed by atoms with Gasteiger partial charge in [-0.3, -0.25) is 4.79 Å². The Morgan fingerprint density at radius 1 is 1.50 bits per heavy atom. The minimum atomic E-state index is -0.833. The van der Waals surface area contributed by atoms with Crippen molar-refractivity contribution in [2.75, 3.05) is 13.2 Å². The topological polar surface area (TPSA) is 87.0 Å². The van der Waals surface area contributed by atoms with Crippen molar-refractivity contribution in [2.24, 2.45) is 0 Å². The summed E-state index contributed by atoms with van der Waals surface area (Å²) in [5.74, 6) is -0.833. The molecule has 0 heterocycles. The lowest BCUT2D eigenvalue weighted by Crippen LogP contribution is -2.21. The van der Waals surface area contributed by atoms with E-state index in [0.717, 1.165) is 6.92 Å². The molecule has 2 atom stereocenters. The molecule has 0 aliphatic carbocycles. The highest BCUT2D eigenvalue weighted by Gasteiger charge is 2.03. The fourth-order valence-electron chi connectivity index (χ4n) is 0.446. The molecule has 0 rings (SSSR count). The molecule has 0 fully saturated rings. The average molecular weight is 208 g/mol. The van der Waals surface area contributed by atoms with Gasteiger partial charge in [-0.05, 0) is 13.3 Å². The fourth-order valence-corrected chi connectivity index (χ4v) is 0.446. The highest BCUT2D eigenvalue weighted by atomic mass is 16.5. The molecular formula is C9H20O5. The third-order valence-corrected chi connectivity index (χ3v) is 1.30. The van der Waals surface area contributed by atoms with Crippen LogP contribution < -0.4 is 0 Å². The first-order valence-corrected chi connectivity index (χ1v) is 4.54. The van der Waals surface area contributed by atoms with Crippen molar-refractivity contribution in [3.63, 3.8) is 0 Å². The molecule has 0 aliphatic heterocycles. The first-order valence-electron chi connectivity index (χ1n) is 4.54. The summed E-state index contributed by atoms with van der Waals surface area (Å²) in [4.78, 5) is 9.00. The molecule has 0 aromatic carbocycles. The summed E-state index contributed by atoms with van der Waals surface area (Å²) in [6.07, 6.45) is 0.133. The number of aliphatic carboxylic acids is 1. The molecule has 3 N–H and O–H groups in total. The molecule has 14 heavy (non-hydrogen) atoms. The van der Waals surface area contributed by atoms with E-state index in [1.54, 1.807) is 6.92 Å². The van der Waals surface area contributed by atoms with Crippen molar-refractivity contribution in [1.29, 1.82) is 0 Å². The summed E-state index contributed by atoms with van der Waals surface area (Å²) in [6.45, 7) is 5.06. The van der Waals surface area contributed by atoms with Crippen LogP contribution in [-0.4, -0.2) is 46.7 Å². The monoisotopic (exact) mass is 208 g/mol. The largest absolute Gasteiger partial charge is 0.481 e. The normalized spacial score (nSPS) is 13.8. The quantitative estimate of drug-likeness (QED) is 0.602. The molecule has 0 spiro atoms. The van der Waals surface area contributed by atoms with Crippen molar-refractivity contribution < 1.29 is 24.9 Å². The number of carbonyl (C=O) groups is 1. The van der Waals surface area contributed by atoms with E-state index in [0.29, 0.717) is 13.0 Å². The van der Waals surface area contributed by atoms with Gasteiger partial charge in [-0.2, -0.15) is 0 Å². The van der Waals surface area contributed by atoms with E-state index >= 15 is 0 Å². The average Bonchev–Trinajstić information content (AvgIpc) is 2.12. The summed E-state index contributed by atoms with van der Waals surface area (Å²) in [7, 11) is 0. The third-order valence-electron chi connectivity index (χ3n) is 1.30. The molecule has 0 aromatic heterocycles. The van der Waals surface area contributed by atoms with Crippen LogP contribution in [0.2, 0.25) is 0 Å². The molecule has 0 aromatic rings. The molecule has 5 heteroatoms. The molecule has 0 bridgehead atoms.